The maximum atomic E-state index is 13.2. The topological polar surface area (TPSA) is 134 Å². The lowest BCUT2D eigenvalue weighted by Crippen LogP contribution is -2.43. The van der Waals surface area contributed by atoms with Crippen LogP contribution in [0.1, 0.15) is 30.5 Å². The van der Waals surface area contributed by atoms with E-state index in [0.29, 0.717) is 18.7 Å². The van der Waals surface area contributed by atoms with Gasteiger partial charge in [-0.1, -0.05) is 72.8 Å². The molecule has 0 aliphatic rings. The lowest BCUT2D eigenvalue weighted by molar-refractivity contribution is -0.152. The zero-order valence-corrected chi connectivity index (χ0v) is 23.6. The van der Waals surface area contributed by atoms with Crippen molar-refractivity contribution in [2.75, 3.05) is 11.9 Å². The second-order valence-corrected chi connectivity index (χ2v) is 10.0. The van der Waals surface area contributed by atoms with Gasteiger partial charge >= 0.3 is 17.2 Å². The van der Waals surface area contributed by atoms with Crippen molar-refractivity contribution in [3.63, 3.8) is 0 Å². The molecule has 0 radical (unpaired) electrons. The molecule has 220 valence electrons. The predicted molar refractivity (Wildman–Crippen MR) is 156 cm³/mol. The summed E-state index contributed by atoms with van der Waals surface area (Å²) in [4.78, 5) is 37.6. The van der Waals surface area contributed by atoms with Gasteiger partial charge in [0.2, 0.25) is 5.82 Å². The first-order valence-electron chi connectivity index (χ1n) is 13.4. The van der Waals surface area contributed by atoms with Crippen molar-refractivity contribution in [1.29, 1.82) is 0 Å². The van der Waals surface area contributed by atoms with Gasteiger partial charge in [-0.25, -0.2) is 14.2 Å². The van der Waals surface area contributed by atoms with Gasteiger partial charge in [-0.05, 0) is 49.1 Å². The zero-order valence-electron chi connectivity index (χ0n) is 23.6. The minimum atomic E-state index is -1.35. The zero-order chi connectivity index (χ0) is 30.0. The molecule has 1 aromatic heterocycles. The SMILES string of the molecule is CC(C)(Oc1ccc(CCNc2nn(COCc3ccccc3)c(=O)n(COCc3ccccc3)c2=O)cc1)C(=O)O. The van der Waals surface area contributed by atoms with Gasteiger partial charge in [0.15, 0.2) is 5.60 Å². The van der Waals surface area contributed by atoms with E-state index in [1.54, 1.807) is 12.1 Å². The van der Waals surface area contributed by atoms with Crippen LogP contribution >= 0.6 is 0 Å². The highest BCUT2D eigenvalue weighted by Gasteiger charge is 2.29. The average Bonchev–Trinajstić information content (AvgIpc) is 2.98. The fourth-order valence-electron chi connectivity index (χ4n) is 3.91. The number of nitrogens with one attached hydrogen (secondary N) is 1. The maximum Gasteiger partial charge on any atom is 0.351 e. The number of anilines is 1. The van der Waals surface area contributed by atoms with Crippen LogP contribution in [0.4, 0.5) is 5.82 Å². The highest BCUT2D eigenvalue weighted by molar-refractivity contribution is 5.76. The Bertz CT molecular complexity index is 1570. The van der Waals surface area contributed by atoms with Crippen LogP contribution in [0.3, 0.4) is 0 Å². The smallest absolute Gasteiger partial charge is 0.351 e. The quantitative estimate of drug-likeness (QED) is 0.218. The van der Waals surface area contributed by atoms with Crippen LogP contribution in [0.5, 0.6) is 5.75 Å². The molecule has 4 rings (SSSR count). The molecule has 11 heteroatoms. The van der Waals surface area contributed by atoms with Crippen molar-refractivity contribution in [2.45, 2.75) is 52.5 Å². The molecule has 0 aliphatic heterocycles. The van der Waals surface area contributed by atoms with E-state index in [4.69, 9.17) is 14.2 Å². The summed E-state index contributed by atoms with van der Waals surface area (Å²) in [7, 11) is 0. The normalized spacial score (nSPS) is 11.3. The van der Waals surface area contributed by atoms with E-state index < -0.39 is 22.8 Å². The first kappa shape index (κ1) is 30.2. The van der Waals surface area contributed by atoms with Crippen LogP contribution in [0.2, 0.25) is 0 Å². The summed E-state index contributed by atoms with van der Waals surface area (Å²) < 4.78 is 19.0. The minimum absolute atomic E-state index is 0.00983. The lowest BCUT2D eigenvalue weighted by Gasteiger charge is -2.21. The molecule has 0 saturated carbocycles. The number of carboxylic acids is 1. The number of hydrogen-bond acceptors (Lipinski definition) is 8. The number of carboxylic acid groups (broad SMARTS) is 1. The molecule has 0 bridgehead atoms. The Morgan fingerprint density at radius 2 is 1.40 bits per heavy atom. The lowest BCUT2D eigenvalue weighted by atomic mass is 10.1. The highest BCUT2D eigenvalue weighted by atomic mass is 16.5. The van der Waals surface area contributed by atoms with Crippen molar-refractivity contribution >= 4 is 11.8 Å². The number of aromatic nitrogens is 3. The van der Waals surface area contributed by atoms with Crippen molar-refractivity contribution < 1.29 is 24.1 Å². The van der Waals surface area contributed by atoms with Crippen molar-refractivity contribution in [2.24, 2.45) is 0 Å². The van der Waals surface area contributed by atoms with Gasteiger partial charge in [0, 0.05) is 6.54 Å². The fourth-order valence-corrected chi connectivity index (χ4v) is 3.91. The molecular weight excluding hydrogens is 540 g/mol. The molecule has 0 spiro atoms. The number of nitrogens with zero attached hydrogens (tertiary/aromatic N) is 3. The predicted octanol–water partition coefficient (Wildman–Crippen LogP) is 3.65. The second-order valence-electron chi connectivity index (χ2n) is 10.0. The molecule has 3 aromatic carbocycles. The molecule has 4 aromatic rings. The summed E-state index contributed by atoms with van der Waals surface area (Å²) in [6.45, 7) is 3.39. The Balaban J connectivity index is 1.44. The van der Waals surface area contributed by atoms with Gasteiger partial charge in [0.1, 0.15) is 19.2 Å². The molecule has 42 heavy (non-hydrogen) atoms. The van der Waals surface area contributed by atoms with E-state index in [-0.39, 0.29) is 32.5 Å². The van der Waals surface area contributed by atoms with Crippen LogP contribution in [0.15, 0.2) is 94.5 Å². The summed E-state index contributed by atoms with van der Waals surface area (Å²) in [5, 5.41) is 16.5. The number of ether oxygens (including phenoxy) is 3. The molecule has 0 aliphatic carbocycles. The van der Waals surface area contributed by atoms with E-state index in [1.807, 2.05) is 72.8 Å². The van der Waals surface area contributed by atoms with E-state index in [1.165, 1.54) is 13.8 Å². The largest absolute Gasteiger partial charge is 0.478 e. The first-order valence-corrected chi connectivity index (χ1v) is 13.4. The van der Waals surface area contributed by atoms with Crippen LogP contribution < -0.4 is 21.3 Å². The third-order valence-electron chi connectivity index (χ3n) is 6.29. The number of benzene rings is 3. The third kappa shape index (κ3) is 8.38. The van der Waals surface area contributed by atoms with E-state index in [2.05, 4.69) is 10.4 Å². The van der Waals surface area contributed by atoms with Crippen molar-refractivity contribution in [1.82, 2.24) is 14.3 Å². The van der Waals surface area contributed by atoms with Crippen molar-refractivity contribution in [3.8, 4) is 5.75 Å². The van der Waals surface area contributed by atoms with Crippen LogP contribution in [-0.4, -0.2) is 37.6 Å². The Kier molecular flexibility index (Phi) is 10.2. The van der Waals surface area contributed by atoms with Gasteiger partial charge in [0.25, 0.3) is 0 Å². The molecule has 0 fully saturated rings. The van der Waals surface area contributed by atoms with Gasteiger partial charge in [-0.2, -0.15) is 4.68 Å². The monoisotopic (exact) mass is 574 g/mol. The van der Waals surface area contributed by atoms with Crippen molar-refractivity contribution in [3.05, 3.63) is 122 Å². The number of aliphatic carboxylic acids is 1. The average molecular weight is 575 g/mol. The van der Waals surface area contributed by atoms with Gasteiger partial charge in [-0.15, -0.1) is 5.10 Å². The molecule has 0 saturated heterocycles. The third-order valence-corrected chi connectivity index (χ3v) is 6.29. The van der Waals surface area contributed by atoms with Crippen LogP contribution in [0, 0.1) is 0 Å². The highest BCUT2D eigenvalue weighted by Crippen LogP contribution is 2.19. The fraction of sp³-hybridized carbons (Fsp3) is 0.290. The minimum Gasteiger partial charge on any atom is -0.478 e. The molecule has 0 unspecified atom stereocenters. The Labute approximate surface area is 242 Å². The molecule has 2 N–H and O–H groups in total. The maximum absolute atomic E-state index is 13.2. The number of hydrogen-bond donors (Lipinski definition) is 2. The van der Waals surface area contributed by atoms with E-state index >= 15 is 0 Å². The molecule has 1 heterocycles. The summed E-state index contributed by atoms with van der Waals surface area (Å²) in [5.74, 6) is -0.641. The van der Waals surface area contributed by atoms with Gasteiger partial charge < -0.3 is 24.6 Å². The van der Waals surface area contributed by atoms with Crippen LogP contribution in [0.25, 0.3) is 0 Å². The standard InChI is InChI=1S/C31H34N4O7/c1-31(2,29(37)38)42-26-15-13-23(14-16-26)17-18-32-27-28(36)34(21-40-19-24-9-5-3-6-10-24)30(39)35(33-27)22-41-20-25-11-7-4-8-12-25/h3-16H,17-22H2,1-2H3,(H,32,33)(H,37,38). The number of rotatable bonds is 15. The molecule has 11 nitrogen and oxygen atoms in total. The molecule has 0 atom stereocenters. The Morgan fingerprint density at radius 3 is 1.98 bits per heavy atom. The first-order chi connectivity index (χ1) is 20.2. The number of carbonyl (C=O) groups is 1. The Hall–Kier alpha value is -4.74. The summed E-state index contributed by atoms with van der Waals surface area (Å²) in [5.41, 5.74) is 0.166. The molecular formula is C31H34N4O7. The molecule has 0 amide bonds. The van der Waals surface area contributed by atoms with E-state index in [9.17, 15) is 19.5 Å². The van der Waals surface area contributed by atoms with Gasteiger partial charge in [0.05, 0.1) is 13.2 Å². The van der Waals surface area contributed by atoms with Gasteiger partial charge in [-0.3, -0.25) is 4.79 Å². The summed E-state index contributed by atoms with van der Waals surface area (Å²) >= 11 is 0. The summed E-state index contributed by atoms with van der Waals surface area (Å²) in [6.07, 6.45) is 0.526. The second kappa shape index (κ2) is 14.2. The van der Waals surface area contributed by atoms with E-state index in [0.717, 1.165) is 25.9 Å². The summed E-state index contributed by atoms with van der Waals surface area (Å²) in [6, 6.07) is 26.0. The van der Waals surface area contributed by atoms with Crippen LogP contribution in [-0.2, 0) is 47.4 Å². The Morgan fingerprint density at radius 1 is 0.833 bits per heavy atom.